The highest BCUT2D eigenvalue weighted by Crippen LogP contribution is 2.32. The SMILES string of the molecule is C[C@@H](NC(=O)c1cc(C2=NOC(c3ccccn3)C2)cc(-c2ccc(F)cc2F)c1)c1ccc(C(F)(F)F)nc1. The summed E-state index contributed by atoms with van der Waals surface area (Å²) in [5.74, 6) is -2.14. The van der Waals surface area contributed by atoms with Crippen LogP contribution in [0, 0.1) is 11.6 Å². The lowest BCUT2D eigenvalue weighted by Gasteiger charge is -2.16. The number of nitrogens with one attached hydrogen (secondary N) is 1. The number of rotatable bonds is 6. The van der Waals surface area contributed by atoms with Crippen LogP contribution in [0.25, 0.3) is 11.1 Å². The zero-order valence-corrected chi connectivity index (χ0v) is 20.9. The summed E-state index contributed by atoms with van der Waals surface area (Å²) in [7, 11) is 0. The van der Waals surface area contributed by atoms with Crippen LogP contribution in [0.3, 0.4) is 0 Å². The van der Waals surface area contributed by atoms with E-state index < -0.39 is 41.6 Å². The number of nitrogens with zero attached hydrogens (tertiary/aromatic N) is 3. The van der Waals surface area contributed by atoms with Crippen molar-refractivity contribution in [3.05, 3.63) is 119 Å². The second-order valence-corrected chi connectivity index (χ2v) is 9.18. The minimum Gasteiger partial charge on any atom is -0.385 e. The fourth-order valence-electron chi connectivity index (χ4n) is 4.27. The van der Waals surface area contributed by atoms with Crippen LogP contribution in [0.5, 0.6) is 0 Å². The zero-order valence-electron chi connectivity index (χ0n) is 20.9. The molecule has 204 valence electrons. The molecule has 3 heterocycles. The number of hydrogen-bond acceptors (Lipinski definition) is 5. The van der Waals surface area contributed by atoms with E-state index in [1.165, 1.54) is 18.2 Å². The maximum absolute atomic E-state index is 14.7. The third kappa shape index (κ3) is 5.83. The number of amides is 1. The first-order valence-corrected chi connectivity index (χ1v) is 12.2. The number of hydrogen-bond donors (Lipinski definition) is 1. The summed E-state index contributed by atoms with van der Waals surface area (Å²) in [6, 6.07) is 14.5. The van der Waals surface area contributed by atoms with Gasteiger partial charge in [0.2, 0.25) is 0 Å². The Balaban J connectivity index is 1.45. The van der Waals surface area contributed by atoms with Crippen LogP contribution in [-0.2, 0) is 11.0 Å². The monoisotopic (exact) mass is 552 g/mol. The van der Waals surface area contributed by atoms with Crippen molar-refractivity contribution in [1.82, 2.24) is 15.3 Å². The van der Waals surface area contributed by atoms with Gasteiger partial charge in [-0.05, 0) is 66.6 Å². The van der Waals surface area contributed by atoms with Crippen LogP contribution >= 0.6 is 0 Å². The molecular weight excluding hydrogens is 531 g/mol. The molecule has 0 aliphatic carbocycles. The number of carbonyl (C=O) groups excluding carboxylic acids is 1. The van der Waals surface area contributed by atoms with E-state index in [2.05, 4.69) is 20.4 Å². The first-order valence-electron chi connectivity index (χ1n) is 12.2. The smallest absolute Gasteiger partial charge is 0.385 e. The van der Waals surface area contributed by atoms with Crippen LogP contribution in [0.4, 0.5) is 22.0 Å². The third-order valence-corrected chi connectivity index (χ3v) is 6.38. The van der Waals surface area contributed by atoms with E-state index in [1.54, 1.807) is 37.4 Å². The van der Waals surface area contributed by atoms with Gasteiger partial charge < -0.3 is 10.2 Å². The molecule has 4 aromatic rings. The first-order chi connectivity index (χ1) is 19.1. The van der Waals surface area contributed by atoms with Gasteiger partial charge in [-0.25, -0.2) is 8.78 Å². The van der Waals surface area contributed by atoms with Crippen molar-refractivity contribution in [2.45, 2.75) is 31.7 Å². The maximum atomic E-state index is 14.7. The molecule has 1 unspecified atom stereocenters. The quantitative estimate of drug-likeness (QED) is 0.267. The van der Waals surface area contributed by atoms with Crippen molar-refractivity contribution < 1.29 is 31.6 Å². The molecule has 0 bridgehead atoms. The summed E-state index contributed by atoms with van der Waals surface area (Å²) in [5, 5.41) is 6.89. The molecule has 2 atom stereocenters. The van der Waals surface area contributed by atoms with E-state index in [4.69, 9.17) is 4.84 Å². The summed E-state index contributed by atoms with van der Waals surface area (Å²) >= 11 is 0. The molecule has 2 aromatic heterocycles. The lowest BCUT2D eigenvalue weighted by molar-refractivity contribution is -0.141. The highest BCUT2D eigenvalue weighted by Gasteiger charge is 2.32. The lowest BCUT2D eigenvalue weighted by atomic mass is 9.94. The standard InChI is InChI=1S/C29H21F5N4O2/c1-16(17-5-8-27(36-15-17)29(32,33)34)37-28(39)20-11-18(22-7-6-21(30)13-23(22)31)10-19(12-20)25-14-26(40-38-25)24-4-2-3-9-35-24/h2-13,15-16,26H,14H2,1H3,(H,37,39)/t16-,26?/m1/s1. The molecule has 1 aliphatic heterocycles. The molecule has 0 saturated heterocycles. The average molecular weight is 553 g/mol. The van der Waals surface area contributed by atoms with Gasteiger partial charge in [-0.15, -0.1) is 0 Å². The molecular formula is C29H21F5N4O2. The van der Waals surface area contributed by atoms with Gasteiger partial charge in [0.25, 0.3) is 5.91 Å². The van der Waals surface area contributed by atoms with E-state index in [0.717, 1.165) is 24.4 Å². The number of alkyl halides is 3. The van der Waals surface area contributed by atoms with Gasteiger partial charge in [0.05, 0.1) is 17.4 Å². The van der Waals surface area contributed by atoms with Crippen molar-refractivity contribution in [2.24, 2.45) is 5.16 Å². The van der Waals surface area contributed by atoms with Crippen LogP contribution in [0.15, 0.2) is 84.3 Å². The molecule has 1 aliphatic rings. The van der Waals surface area contributed by atoms with Gasteiger partial charge in [0.1, 0.15) is 17.3 Å². The Morgan fingerprint density at radius 3 is 2.48 bits per heavy atom. The van der Waals surface area contributed by atoms with Gasteiger partial charge in [-0.1, -0.05) is 17.3 Å². The maximum Gasteiger partial charge on any atom is 0.433 e. The summed E-state index contributed by atoms with van der Waals surface area (Å²) in [4.78, 5) is 26.6. The van der Waals surface area contributed by atoms with E-state index in [9.17, 15) is 26.7 Å². The van der Waals surface area contributed by atoms with Crippen molar-refractivity contribution >= 4 is 11.6 Å². The molecule has 11 heteroatoms. The Hall–Kier alpha value is -4.67. The minimum atomic E-state index is -4.58. The minimum absolute atomic E-state index is 0.0677. The molecule has 2 aromatic carbocycles. The van der Waals surface area contributed by atoms with Gasteiger partial charge >= 0.3 is 6.18 Å². The van der Waals surface area contributed by atoms with Crippen molar-refractivity contribution in [2.75, 3.05) is 0 Å². The Kier molecular flexibility index (Phi) is 7.29. The number of oxime groups is 1. The van der Waals surface area contributed by atoms with Crippen LogP contribution in [0.2, 0.25) is 0 Å². The molecule has 0 spiro atoms. The second kappa shape index (κ2) is 10.8. The van der Waals surface area contributed by atoms with Gasteiger partial charge in [-0.2, -0.15) is 13.2 Å². The number of benzene rings is 2. The fourth-order valence-corrected chi connectivity index (χ4v) is 4.27. The zero-order chi connectivity index (χ0) is 28.4. The van der Waals surface area contributed by atoms with Crippen molar-refractivity contribution in [3.63, 3.8) is 0 Å². The molecule has 0 fully saturated rings. The predicted octanol–water partition coefficient (Wildman–Crippen LogP) is 6.80. The lowest BCUT2D eigenvalue weighted by Crippen LogP contribution is -2.27. The molecule has 1 amide bonds. The van der Waals surface area contributed by atoms with E-state index in [0.29, 0.717) is 34.5 Å². The predicted molar refractivity (Wildman–Crippen MR) is 136 cm³/mol. The van der Waals surface area contributed by atoms with Crippen molar-refractivity contribution in [3.8, 4) is 11.1 Å². The summed E-state index contributed by atoms with van der Waals surface area (Å²) in [6.07, 6.45) is -2.02. The van der Waals surface area contributed by atoms with Gasteiger partial charge in [-0.3, -0.25) is 14.8 Å². The molecule has 40 heavy (non-hydrogen) atoms. The largest absolute Gasteiger partial charge is 0.433 e. The summed E-state index contributed by atoms with van der Waals surface area (Å²) in [6.45, 7) is 1.60. The summed E-state index contributed by atoms with van der Waals surface area (Å²) in [5.41, 5.74) is 1.45. The highest BCUT2D eigenvalue weighted by molar-refractivity contribution is 6.05. The number of aromatic nitrogens is 2. The Bertz CT molecular complexity index is 1570. The topological polar surface area (TPSA) is 76.5 Å². The number of halogens is 5. The van der Waals surface area contributed by atoms with Crippen LogP contribution < -0.4 is 5.32 Å². The number of pyridine rings is 2. The highest BCUT2D eigenvalue weighted by atomic mass is 19.4. The van der Waals surface area contributed by atoms with Crippen LogP contribution in [-0.4, -0.2) is 21.6 Å². The Morgan fingerprint density at radius 1 is 1.00 bits per heavy atom. The average Bonchev–Trinajstić information content (AvgIpc) is 3.43. The molecule has 1 N–H and O–H groups in total. The molecule has 6 nitrogen and oxygen atoms in total. The van der Waals surface area contributed by atoms with E-state index in [-0.39, 0.29) is 11.1 Å². The Labute approximate surface area is 225 Å². The van der Waals surface area contributed by atoms with Gasteiger partial charge in [0.15, 0.2) is 6.10 Å². The summed E-state index contributed by atoms with van der Waals surface area (Å²) < 4.78 is 66.9. The molecule has 0 radical (unpaired) electrons. The Morgan fingerprint density at radius 2 is 1.80 bits per heavy atom. The molecule has 0 saturated carbocycles. The van der Waals surface area contributed by atoms with E-state index >= 15 is 0 Å². The normalized spacial score (nSPS) is 15.8. The van der Waals surface area contributed by atoms with E-state index in [1.807, 2.05) is 6.07 Å². The fraction of sp³-hybridized carbons (Fsp3) is 0.172. The molecule has 5 rings (SSSR count). The van der Waals surface area contributed by atoms with Crippen molar-refractivity contribution in [1.29, 1.82) is 0 Å². The first kappa shape index (κ1) is 26.9. The third-order valence-electron chi connectivity index (χ3n) is 6.38. The second-order valence-electron chi connectivity index (χ2n) is 9.18. The van der Waals surface area contributed by atoms with Crippen LogP contribution in [0.1, 0.15) is 58.4 Å². The van der Waals surface area contributed by atoms with Gasteiger partial charge in [0, 0.05) is 41.6 Å². The number of carbonyl (C=O) groups is 1.